The molecule has 2 aliphatic heterocycles. The van der Waals surface area contributed by atoms with E-state index in [4.69, 9.17) is 4.74 Å². The van der Waals surface area contributed by atoms with Crippen LogP contribution in [0.3, 0.4) is 0 Å². The van der Waals surface area contributed by atoms with Crippen molar-refractivity contribution in [3.63, 3.8) is 0 Å². The van der Waals surface area contributed by atoms with E-state index in [2.05, 4.69) is 16.4 Å². The molecule has 1 atom stereocenters. The number of likely N-dealkylation sites (tertiary alicyclic amines) is 1. The highest BCUT2D eigenvalue weighted by Crippen LogP contribution is 2.29. The molecular formula is C20H26N4O3. The Balaban J connectivity index is 1.35. The van der Waals surface area contributed by atoms with Gasteiger partial charge in [-0.3, -0.25) is 4.79 Å². The number of aromatic nitrogens is 3. The number of amides is 1. The molecule has 144 valence electrons. The zero-order chi connectivity index (χ0) is 19.0. The van der Waals surface area contributed by atoms with Gasteiger partial charge in [0.1, 0.15) is 17.0 Å². The number of piperidine rings is 1. The summed E-state index contributed by atoms with van der Waals surface area (Å²) >= 11 is 0. The van der Waals surface area contributed by atoms with Crippen molar-refractivity contribution >= 4 is 5.91 Å². The lowest BCUT2D eigenvalue weighted by Crippen LogP contribution is -2.47. The van der Waals surface area contributed by atoms with Crippen LogP contribution in [0, 0.1) is 0 Å². The van der Waals surface area contributed by atoms with Crippen LogP contribution in [0.5, 0.6) is 5.75 Å². The van der Waals surface area contributed by atoms with Gasteiger partial charge in [0.2, 0.25) is 0 Å². The maximum Gasteiger partial charge on any atom is 0.263 e. The molecule has 1 fully saturated rings. The minimum absolute atomic E-state index is 0.0822. The van der Waals surface area contributed by atoms with Crippen LogP contribution in [0.1, 0.15) is 50.4 Å². The number of ether oxygens (including phenoxy) is 1. The quantitative estimate of drug-likeness (QED) is 0.895. The Kier molecular flexibility index (Phi) is 4.63. The zero-order valence-corrected chi connectivity index (χ0v) is 15.8. The van der Waals surface area contributed by atoms with Crippen molar-refractivity contribution in [2.45, 2.75) is 57.3 Å². The van der Waals surface area contributed by atoms with Crippen molar-refractivity contribution in [3.05, 3.63) is 41.7 Å². The summed E-state index contributed by atoms with van der Waals surface area (Å²) in [6.07, 6.45) is 4.68. The number of hydrogen-bond acceptors (Lipinski definition) is 5. The van der Waals surface area contributed by atoms with Gasteiger partial charge in [0.25, 0.3) is 5.91 Å². The van der Waals surface area contributed by atoms with E-state index in [1.54, 1.807) is 13.8 Å². The summed E-state index contributed by atoms with van der Waals surface area (Å²) in [6, 6.07) is 8.14. The summed E-state index contributed by atoms with van der Waals surface area (Å²) in [4.78, 5) is 14.8. The SMILES string of the molecule is CC(C)(O)c1cn(C2CCN(C(=O)[C@@H]3CCc4ccccc4O3)CC2)nn1. The average Bonchev–Trinajstić information content (AvgIpc) is 3.18. The molecule has 2 aliphatic rings. The first-order valence-electron chi connectivity index (χ1n) is 9.60. The Morgan fingerprint density at radius 2 is 1.96 bits per heavy atom. The van der Waals surface area contributed by atoms with Gasteiger partial charge in [-0.05, 0) is 51.2 Å². The lowest BCUT2D eigenvalue weighted by atomic mass is 9.99. The molecular weight excluding hydrogens is 344 g/mol. The number of para-hydroxylation sites is 1. The Hall–Kier alpha value is -2.41. The van der Waals surface area contributed by atoms with Crippen molar-refractivity contribution in [2.75, 3.05) is 13.1 Å². The molecule has 2 aromatic rings. The van der Waals surface area contributed by atoms with Crippen LogP contribution in [0.4, 0.5) is 0 Å². The van der Waals surface area contributed by atoms with Gasteiger partial charge in [-0.1, -0.05) is 23.4 Å². The van der Waals surface area contributed by atoms with Gasteiger partial charge in [-0.25, -0.2) is 4.68 Å². The third kappa shape index (κ3) is 3.69. The van der Waals surface area contributed by atoms with E-state index in [1.807, 2.05) is 34.0 Å². The fraction of sp³-hybridized carbons (Fsp3) is 0.550. The molecule has 7 heteroatoms. The highest BCUT2D eigenvalue weighted by molar-refractivity contribution is 5.81. The van der Waals surface area contributed by atoms with Crippen molar-refractivity contribution in [1.29, 1.82) is 0 Å². The predicted molar refractivity (Wildman–Crippen MR) is 99.3 cm³/mol. The number of aliphatic hydroxyl groups is 1. The molecule has 1 N–H and O–H groups in total. The summed E-state index contributed by atoms with van der Waals surface area (Å²) in [7, 11) is 0. The molecule has 1 amide bonds. The number of aryl methyl sites for hydroxylation is 1. The molecule has 27 heavy (non-hydrogen) atoms. The van der Waals surface area contributed by atoms with Gasteiger partial charge >= 0.3 is 0 Å². The van der Waals surface area contributed by atoms with Crippen LogP contribution in [0.25, 0.3) is 0 Å². The van der Waals surface area contributed by atoms with Gasteiger partial charge in [-0.2, -0.15) is 0 Å². The summed E-state index contributed by atoms with van der Waals surface area (Å²) in [5.41, 5.74) is 0.744. The number of fused-ring (bicyclic) bond motifs is 1. The first-order chi connectivity index (χ1) is 12.9. The Bertz CT molecular complexity index is 819. The molecule has 1 aromatic carbocycles. The van der Waals surface area contributed by atoms with Crippen LogP contribution in [-0.4, -0.2) is 50.1 Å². The number of carbonyl (C=O) groups is 1. The maximum absolute atomic E-state index is 12.9. The largest absolute Gasteiger partial charge is 0.480 e. The highest BCUT2D eigenvalue weighted by atomic mass is 16.5. The summed E-state index contributed by atoms with van der Waals surface area (Å²) in [5, 5.41) is 18.3. The van der Waals surface area contributed by atoms with E-state index >= 15 is 0 Å². The van der Waals surface area contributed by atoms with Crippen LogP contribution in [-0.2, 0) is 16.8 Å². The molecule has 0 bridgehead atoms. The molecule has 7 nitrogen and oxygen atoms in total. The summed E-state index contributed by atoms with van der Waals surface area (Å²) in [5.74, 6) is 0.914. The number of nitrogens with zero attached hydrogens (tertiary/aromatic N) is 4. The van der Waals surface area contributed by atoms with Crippen LogP contribution in [0.2, 0.25) is 0 Å². The van der Waals surface area contributed by atoms with E-state index in [-0.39, 0.29) is 18.1 Å². The standard InChI is InChI=1S/C20H26N4O3/c1-20(2,26)18-13-24(22-21-18)15-9-11-23(12-10-15)19(25)17-8-7-14-5-3-4-6-16(14)27-17/h3-6,13,15,17,26H,7-12H2,1-2H3/t17-/m0/s1. The number of carbonyl (C=O) groups excluding carboxylic acids is 1. The van der Waals surface area contributed by atoms with Crippen LogP contribution in [0.15, 0.2) is 30.5 Å². The van der Waals surface area contributed by atoms with Gasteiger partial charge in [-0.15, -0.1) is 5.10 Å². The fourth-order valence-electron chi connectivity index (χ4n) is 3.79. The zero-order valence-electron chi connectivity index (χ0n) is 15.8. The van der Waals surface area contributed by atoms with Crippen molar-refractivity contribution in [1.82, 2.24) is 19.9 Å². The lowest BCUT2D eigenvalue weighted by molar-refractivity contribution is -0.140. The third-order valence-corrected chi connectivity index (χ3v) is 5.48. The van der Waals surface area contributed by atoms with E-state index in [0.29, 0.717) is 18.8 Å². The van der Waals surface area contributed by atoms with E-state index < -0.39 is 5.60 Å². The van der Waals surface area contributed by atoms with Gasteiger partial charge in [0.15, 0.2) is 6.10 Å². The molecule has 0 aliphatic carbocycles. The van der Waals surface area contributed by atoms with Crippen molar-refractivity contribution in [3.8, 4) is 5.75 Å². The summed E-state index contributed by atoms with van der Waals surface area (Å²) in [6.45, 7) is 4.77. The molecule has 4 rings (SSSR count). The van der Waals surface area contributed by atoms with E-state index in [0.717, 1.165) is 31.4 Å². The molecule has 0 unspecified atom stereocenters. The second kappa shape index (κ2) is 6.96. The predicted octanol–water partition coefficient (Wildman–Crippen LogP) is 2.06. The lowest BCUT2D eigenvalue weighted by Gasteiger charge is -2.35. The fourth-order valence-corrected chi connectivity index (χ4v) is 3.79. The smallest absolute Gasteiger partial charge is 0.263 e. The molecule has 0 spiro atoms. The molecule has 1 aromatic heterocycles. The molecule has 3 heterocycles. The van der Waals surface area contributed by atoms with Gasteiger partial charge < -0.3 is 14.7 Å². The third-order valence-electron chi connectivity index (χ3n) is 5.48. The van der Waals surface area contributed by atoms with Crippen molar-refractivity contribution in [2.24, 2.45) is 0 Å². The topological polar surface area (TPSA) is 80.5 Å². The molecule has 1 saturated heterocycles. The number of rotatable bonds is 3. The Morgan fingerprint density at radius 3 is 2.67 bits per heavy atom. The Labute approximate surface area is 158 Å². The van der Waals surface area contributed by atoms with E-state index in [9.17, 15) is 9.90 Å². The van der Waals surface area contributed by atoms with Gasteiger partial charge in [0.05, 0.1) is 12.2 Å². The van der Waals surface area contributed by atoms with E-state index in [1.165, 1.54) is 5.56 Å². The van der Waals surface area contributed by atoms with Crippen molar-refractivity contribution < 1.29 is 14.6 Å². The average molecular weight is 370 g/mol. The Morgan fingerprint density at radius 1 is 1.22 bits per heavy atom. The first kappa shape index (κ1) is 18.0. The minimum atomic E-state index is -0.996. The second-order valence-corrected chi connectivity index (χ2v) is 7.95. The monoisotopic (exact) mass is 370 g/mol. The number of hydrogen-bond donors (Lipinski definition) is 1. The normalized spacial score (nSPS) is 20.9. The highest BCUT2D eigenvalue weighted by Gasteiger charge is 2.33. The van der Waals surface area contributed by atoms with Crippen LogP contribution < -0.4 is 4.74 Å². The van der Waals surface area contributed by atoms with Crippen LogP contribution >= 0.6 is 0 Å². The maximum atomic E-state index is 12.9. The van der Waals surface area contributed by atoms with Gasteiger partial charge in [0, 0.05) is 13.1 Å². The molecule has 0 radical (unpaired) electrons. The minimum Gasteiger partial charge on any atom is -0.480 e. The first-order valence-corrected chi connectivity index (χ1v) is 9.60. The second-order valence-electron chi connectivity index (χ2n) is 7.95. The number of benzene rings is 1. The molecule has 0 saturated carbocycles. The summed E-state index contributed by atoms with van der Waals surface area (Å²) < 4.78 is 7.77.